The maximum atomic E-state index is 13.0. The predicted molar refractivity (Wildman–Crippen MR) is 69.0 cm³/mol. The molecule has 0 aliphatic carbocycles. The van der Waals surface area contributed by atoms with E-state index < -0.39 is 11.6 Å². The lowest BCUT2D eigenvalue weighted by Gasteiger charge is -2.09. The van der Waals surface area contributed by atoms with E-state index in [2.05, 4.69) is 15.9 Å². The van der Waals surface area contributed by atoms with Crippen LogP contribution in [0.25, 0.3) is 0 Å². The van der Waals surface area contributed by atoms with Gasteiger partial charge in [0.15, 0.2) is 0 Å². The second-order valence-electron chi connectivity index (χ2n) is 3.76. The van der Waals surface area contributed by atoms with Crippen LogP contribution in [0.15, 0.2) is 34.1 Å². The van der Waals surface area contributed by atoms with Gasteiger partial charge in [0.25, 0.3) is 0 Å². The minimum Gasteiger partial charge on any atom is -0.323 e. The highest BCUT2D eigenvalue weighted by Crippen LogP contribution is 2.26. The largest absolute Gasteiger partial charge is 0.323 e. The maximum Gasteiger partial charge on any atom is 0.126 e. The van der Waals surface area contributed by atoms with Gasteiger partial charge >= 0.3 is 0 Å². The summed E-state index contributed by atoms with van der Waals surface area (Å²) in [4.78, 5) is 0.988. The molecule has 1 nitrogen and oxygen atoms in total. The van der Waals surface area contributed by atoms with E-state index in [9.17, 15) is 8.78 Å². The molecule has 1 atom stereocenters. The standard InChI is InChI=1S/C12H10BrF2NS/c13-8-4-12(17-6-8)11(16)3-7-1-9(14)5-10(15)2-7/h1-2,4-6,11H,3,16H2. The molecule has 0 spiro atoms. The zero-order valence-electron chi connectivity index (χ0n) is 8.79. The summed E-state index contributed by atoms with van der Waals surface area (Å²) in [5.41, 5.74) is 6.55. The molecular weight excluding hydrogens is 308 g/mol. The summed E-state index contributed by atoms with van der Waals surface area (Å²) in [5.74, 6) is -1.14. The molecule has 2 N–H and O–H groups in total. The molecule has 0 radical (unpaired) electrons. The van der Waals surface area contributed by atoms with Crippen molar-refractivity contribution >= 4 is 27.3 Å². The average molecular weight is 318 g/mol. The molecule has 5 heteroatoms. The highest BCUT2D eigenvalue weighted by atomic mass is 79.9. The van der Waals surface area contributed by atoms with Gasteiger partial charge in [-0.15, -0.1) is 11.3 Å². The summed E-state index contributed by atoms with van der Waals surface area (Å²) in [7, 11) is 0. The molecule has 90 valence electrons. The van der Waals surface area contributed by atoms with Gasteiger partial charge in [-0.25, -0.2) is 8.78 Å². The first kappa shape index (κ1) is 12.7. The number of benzene rings is 1. The van der Waals surface area contributed by atoms with Crippen LogP contribution in [0.3, 0.4) is 0 Å². The van der Waals surface area contributed by atoms with E-state index in [0.717, 1.165) is 15.4 Å². The second-order valence-corrected chi connectivity index (χ2v) is 5.61. The lowest BCUT2D eigenvalue weighted by atomic mass is 10.1. The lowest BCUT2D eigenvalue weighted by molar-refractivity contribution is 0.577. The Morgan fingerprint density at radius 3 is 2.35 bits per heavy atom. The molecule has 2 rings (SSSR count). The Labute approximate surface area is 110 Å². The van der Waals surface area contributed by atoms with Crippen LogP contribution in [0.5, 0.6) is 0 Å². The molecule has 0 amide bonds. The lowest BCUT2D eigenvalue weighted by Crippen LogP contribution is -2.12. The van der Waals surface area contributed by atoms with Gasteiger partial charge in [-0.3, -0.25) is 0 Å². The van der Waals surface area contributed by atoms with Crippen LogP contribution in [0.1, 0.15) is 16.5 Å². The van der Waals surface area contributed by atoms with Crippen molar-refractivity contribution in [2.45, 2.75) is 12.5 Å². The van der Waals surface area contributed by atoms with Gasteiger partial charge in [-0.1, -0.05) is 0 Å². The minimum atomic E-state index is -0.570. The first-order valence-electron chi connectivity index (χ1n) is 4.99. The van der Waals surface area contributed by atoms with E-state index in [1.807, 2.05) is 11.4 Å². The number of hydrogen-bond donors (Lipinski definition) is 1. The number of rotatable bonds is 3. The summed E-state index contributed by atoms with van der Waals surface area (Å²) in [5, 5.41) is 1.93. The second kappa shape index (κ2) is 5.25. The Kier molecular flexibility index (Phi) is 3.91. The Morgan fingerprint density at radius 1 is 1.18 bits per heavy atom. The van der Waals surface area contributed by atoms with Gasteiger partial charge in [0, 0.05) is 26.8 Å². The van der Waals surface area contributed by atoms with Crippen molar-refractivity contribution in [3.63, 3.8) is 0 Å². The third-order valence-electron chi connectivity index (χ3n) is 2.33. The number of nitrogens with two attached hydrogens (primary N) is 1. The van der Waals surface area contributed by atoms with Gasteiger partial charge in [0.05, 0.1) is 0 Å². The minimum absolute atomic E-state index is 0.243. The Balaban J connectivity index is 2.15. The smallest absolute Gasteiger partial charge is 0.126 e. The molecule has 0 saturated heterocycles. The molecule has 0 saturated carbocycles. The third kappa shape index (κ3) is 3.34. The molecule has 1 aromatic heterocycles. The highest BCUT2D eigenvalue weighted by Gasteiger charge is 2.11. The van der Waals surface area contributed by atoms with Crippen LogP contribution < -0.4 is 5.73 Å². The monoisotopic (exact) mass is 317 g/mol. The van der Waals surface area contributed by atoms with E-state index in [4.69, 9.17) is 5.73 Å². The number of halogens is 3. The van der Waals surface area contributed by atoms with Crippen molar-refractivity contribution in [1.29, 1.82) is 0 Å². The van der Waals surface area contributed by atoms with Crippen molar-refractivity contribution in [3.05, 3.63) is 56.2 Å². The van der Waals surface area contributed by atoms with Gasteiger partial charge in [0.2, 0.25) is 0 Å². The number of hydrogen-bond acceptors (Lipinski definition) is 2. The van der Waals surface area contributed by atoms with Crippen molar-refractivity contribution in [1.82, 2.24) is 0 Å². The fourth-order valence-electron chi connectivity index (χ4n) is 1.61. The first-order chi connectivity index (χ1) is 8.04. The number of thiophene rings is 1. The molecule has 1 unspecified atom stereocenters. The van der Waals surface area contributed by atoms with Crippen molar-refractivity contribution in [3.8, 4) is 0 Å². The molecule has 17 heavy (non-hydrogen) atoms. The van der Waals surface area contributed by atoms with Gasteiger partial charge in [-0.2, -0.15) is 0 Å². The van der Waals surface area contributed by atoms with E-state index in [-0.39, 0.29) is 6.04 Å². The van der Waals surface area contributed by atoms with Crippen LogP contribution in [-0.4, -0.2) is 0 Å². The fourth-order valence-corrected chi connectivity index (χ4v) is 3.05. The van der Waals surface area contributed by atoms with Crippen LogP contribution in [0.4, 0.5) is 8.78 Å². The van der Waals surface area contributed by atoms with Crippen molar-refractivity contribution in [2.24, 2.45) is 5.73 Å². The van der Waals surface area contributed by atoms with Crippen LogP contribution in [0, 0.1) is 11.6 Å². The van der Waals surface area contributed by atoms with Crippen LogP contribution in [-0.2, 0) is 6.42 Å². The Hall–Kier alpha value is -0.780. The zero-order chi connectivity index (χ0) is 12.4. The average Bonchev–Trinajstić information content (AvgIpc) is 2.63. The summed E-state index contributed by atoms with van der Waals surface area (Å²) < 4.78 is 27.0. The maximum absolute atomic E-state index is 13.0. The SMILES string of the molecule is NC(Cc1cc(F)cc(F)c1)c1cc(Br)cs1. The third-order valence-corrected chi connectivity index (χ3v) is 4.16. The molecule has 0 bridgehead atoms. The topological polar surface area (TPSA) is 26.0 Å². The molecule has 0 aliphatic heterocycles. The normalized spacial score (nSPS) is 12.7. The molecule has 1 heterocycles. The summed E-state index contributed by atoms with van der Waals surface area (Å²) in [6.45, 7) is 0. The van der Waals surface area contributed by atoms with Crippen molar-refractivity contribution in [2.75, 3.05) is 0 Å². The van der Waals surface area contributed by atoms with Gasteiger partial charge in [0.1, 0.15) is 11.6 Å². The van der Waals surface area contributed by atoms with Gasteiger partial charge in [-0.05, 0) is 46.1 Å². The van der Waals surface area contributed by atoms with E-state index in [1.165, 1.54) is 23.5 Å². The zero-order valence-corrected chi connectivity index (χ0v) is 11.2. The van der Waals surface area contributed by atoms with Crippen molar-refractivity contribution < 1.29 is 8.78 Å². The van der Waals surface area contributed by atoms with Gasteiger partial charge < -0.3 is 5.73 Å². The fraction of sp³-hybridized carbons (Fsp3) is 0.167. The summed E-state index contributed by atoms with van der Waals surface area (Å²) in [6.07, 6.45) is 0.418. The van der Waals surface area contributed by atoms with E-state index >= 15 is 0 Å². The van der Waals surface area contributed by atoms with E-state index in [1.54, 1.807) is 0 Å². The Bertz CT molecular complexity index is 507. The van der Waals surface area contributed by atoms with Crippen LogP contribution in [0.2, 0.25) is 0 Å². The first-order valence-corrected chi connectivity index (χ1v) is 6.66. The molecule has 2 aromatic rings. The molecular formula is C12H10BrF2NS. The Morgan fingerprint density at radius 2 is 1.82 bits per heavy atom. The summed E-state index contributed by atoms with van der Waals surface area (Å²) in [6, 6.07) is 5.16. The summed E-state index contributed by atoms with van der Waals surface area (Å²) >= 11 is 4.87. The molecule has 0 aliphatic rings. The molecule has 1 aromatic carbocycles. The van der Waals surface area contributed by atoms with E-state index in [0.29, 0.717) is 12.0 Å². The predicted octanol–water partition coefficient (Wildman–Crippen LogP) is 4.03. The van der Waals surface area contributed by atoms with Crippen LogP contribution >= 0.6 is 27.3 Å². The quantitative estimate of drug-likeness (QED) is 0.908. The highest BCUT2D eigenvalue weighted by molar-refractivity contribution is 9.10. The molecule has 0 fully saturated rings.